The Morgan fingerprint density at radius 1 is 1.11 bits per heavy atom. The maximum Gasteiger partial charge on any atom is 0.228 e. The van der Waals surface area contributed by atoms with Crippen molar-refractivity contribution in [2.45, 2.75) is 20.3 Å². The smallest absolute Gasteiger partial charge is 0.228 e. The molecule has 2 nitrogen and oxygen atoms in total. The summed E-state index contributed by atoms with van der Waals surface area (Å²) in [5.74, 6) is -0.00449. The second-order valence-electron chi connectivity index (χ2n) is 4.65. The molecule has 0 atom stereocenters. The molecule has 1 N–H and O–H groups in total. The lowest BCUT2D eigenvalue weighted by molar-refractivity contribution is -0.115. The van der Waals surface area contributed by atoms with E-state index in [1.54, 1.807) is 0 Å². The van der Waals surface area contributed by atoms with Crippen LogP contribution in [-0.4, -0.2) is 5.91 Å². The highest BCUT2D eigenvalue weighted by Gasteiger charge is 2.07. The van der Waals surface area contributed by atoms with Gasteiger partial charge in [0.2, 0.25) is 5.91 Å². The number of hydrogen-bond acceptors (Lipinski definition) is 1. The number of anilines is 1. The Hall–Kier alpha value is -1.61. The quantitative estimate of drug-likeness (QED) is 0.901. The standard InChI is InChI=1S/C16H16BrNO/c1-11-6-8-13(9-7-11)10-15(19)18-14-5-3-4-12(2)16(14)17/h3-9H,10H2,1-2H3,(H,18,19). The fourth-order valence-electron chi connectivity index (χ4n) is 1.83. The van der Waals surface area contributed by atoms with Gasteiger partial charge in [0.1, 0.15) is 0 Å². The van der Waals surface area contributed by atoms with Crippen LogP contribution in [0.3, 0.4) is 0 Å². The number of nitrogens with one attached hydrogen (secondary N) is 1. The minimum absolute atomic E-state index is 0.00449. The third kappa shape index (κ3) is 3.67. The van der Waals surface area contributed by atoms with Crippen LogP contribution in [0.4, 0.5) is 5.69 Å². The molecule has 0 bridgehead atoms. The van der Waals surface area contributed by atoms with Crippen LogP contribution in [0.15, 0.2) is 46.9 Å². The zero-order valence-corrected chi connectivity index (χ0v) is 12.6. The summed E-state index contributed by atoms with van der Waals surface area (Å²) in [6.07, 6.45) is 0.390. The first-order valence-corrected chi connectivity index (χ1v) is 6.96. The molecule has 2 aromatic carbocycles. The van der Waals surface area contributed by atoms with Gasteiger partial charge in [0.25, 0.3) is 0 Å². The normalized spacial score (nSPS) is 10.3. The van der Waals surface area contributed by atoms with Crippen molar-refractivity contribution in [3.05, 3.63) is 63.6 Å². The Morgan fingerprint density at radius 3 is 2.47 bits per heavy atom. The number of amides is 1. The van der Waals surface area contributed by atoms with Crippen LogP contribution in [0, 0.1) is 13.8 Å². The molecule has 0 aliphatic heterocycles. The van der Waals surface area contributed by atoms with Gasteiger partial charge in [-0.1, -0.05) is 42.0 Å². The molecular weight excluding hydrogens is 302 g/mol. The number of carbonyl (C=O) groups excluding carboxylic acids is 1. The lowest BCUT2D eigenvalue weighted by Crippen LogP contribution is -2.14. The molecule has 0 spiro atoms. The van der Waals surface area contributed by atoms with Gasteiger partial charge in [0.15, 0.2) is 0 Å². The van der Waals surface area contributed by atoms with Gasteiger partial charge >= 0.3 is 0 Å². The van der Waals surface area contributed by atoms with E-state index in [-0.39, 0.29) is 5.91 Å². The highest BCUT2D eigenvalue weighted by molar-refractivity contribution is 9.10. The van der Waals surface area contributed by atoms with Crippen LogP contribution >= 0.6 is 15.9 Å². The number of rotatable bonds is 3. The lowest BCUT2D eigenvalue weighted by Gasteiger charge is -2.09. The maximum absolute atomic E-state index is 12.0. The minimum atomic E-state index is -0.00449. The van der Waals surface area contributed by atoms with E-state index in [9.17, 15) is 4.79 Å². The molecule has 0 aromatic heterocycles. The van der Waals surface area contributed by atoms with E-state index in [1.165, 1.54) is 5.56 Å². The van der Waals surface area contributed by atoms with Crippen molar-refractivity contribution in [3.8, 4) is 0 Å². The number of halogens is 1. The monoisotopic (exact) mass is 317 g/mol. The molecule has 0 saturated heterocycles. The first-order valence-electron chi connectivity index (χ1n) is 6.17. The van der Waals surface area contributed by atoms with E-state index in [2.05, 4.69) is 21.2 Å². The summed E-state index contributed by atoms with van der Waals surface area (Å²) in [5, 5.41) is 2.93. The molecule has 0 saturated carbocycles. The van der Waals surface area contributed by atoms with Gasteiger partial charge in [-0.25, -0.2) is 0 Å². The molecule has 2 rings (SSSR count). The Morgan fingerprint density at radius 2 is 1.79 bits per heavy atom. The first kappa shape index (κ1) is 13.8. The zero-order chi connectivity index (χ0) is 13.8. The van der Waals surface area contributed by atoms with Crippen LogP contribution in [0.2, 0.25) is 0 Å². The fraction of sp³-hybridized carbons (Fsp3) is 0.188. The van der Waals surface area contributed by atoms with Crippen molar-refractivity contribution >= 4 is 27.5 Å². The summed E-state index contributed by atoms with van der Waals surface area (Å²) in [7, 11) is 0. The largest absolute Gasteiger partial charge is 0.325 e. The third-order valence-electron chi connectivity index (χ3n) is 2.95. The molecular formula is C16H16BrNO. The van der Waals surface area contributed by atoms with Crippen molar-refractivity contribution in [1.82, 2.24) is 0 Å². The molecule has 0 radical (unpaired) electrons. The predicted octanol–water partition coefficient (Wildman–Crippen LogP) is 4.25. The van der Waals surface area contributed by atoms with Gasteiger partial charge in [-0.05, 0) is 47.0 Å². The van der Waals surface area contributed by atoms with Gasteiger partial charge in [-0.2, -0.15) is 0 Å². The van der Waals surface area contributed by atoms with Crippen LogP contribution in [0.5, 0.6) is 0 Å². The molecule has 0 fully saturated rings. The van der Waals surface area contributed by atoms with Gasteiger partial charge in [0, 0.05) is 4.47 Å². The van der Waals surface area contributed by atoms with Crippen LogP contribution in [0.25, 0.3) is 0 Å². The van der Waals surface area contributed by atoms with Crippen molar-refractivity contribution in [1.29, 1.82) is 0 Å². The molecule has 0 aliphatic carbocycles. The predicted molar refractivity (Wildman–Crippen MR) is 82.4 cm³/mol. The number of aryl methyl sites for hydroxylation is 2. The first-order chi connectivity index (χ1) is 9.06. The summed E-state index contributed by atoms with van der Waals surface area (Å²) < 4.78 is 0.937. The highest BCUT2D eigenvalue weighted by Crippen LogP contribution is 2.25. The molecule has 0 heterocycles. The van der Waals surface area contributed by atoms with E-state index in [1.807, 2.05) is 56.3 Å². The lowest BCUT2D eigenvalue weighted by atomic mass is 10.1. The number of hydrogen-bond donors (Lipinski definition) is 1. The van der Waals surface area contributed by atoms with Crippen LogP contribution in [-0.2, 0) is 11.2 Å². The fourth-order valence-corrected chi connectivity index (χ4v) is 2.19. The average molecular weight is 318 g/mol. The van der Waals surface area contributed by atoms with Gasteiger partial charge < -0.3 is 5.32 Å². The molecule has 98 valence electrons. The minimum Gasteiger partial charge on any atom is -0.325 e. The summed E-state index contributed by atoms with van der Waals surface area (Å²) in [6.45, 7) is 4.04. The van der Waals surface area contributed by atoms with E-state index in [0.717, 1.165) is 21.3 Å². The topological polar surface area (TPSA) is 29.1 Å². The van der Waals surface area contributed by atoms with Crippen LogP contribution < -0.4 is 5.32 Å². The number of benzene rings is 2. The summed E-state index contributed by atoms with van der Waals surface area (Å²) in [6, 6.07) is 13.8. The van der Waals surface area contributed by atoms with Crippen molar-refractivity contribution in [3.63, 3.8) is 0 Å². The Kier molecular flexibility index (Phi) is 4.38. The van der Waals surface area contributed by atoms with E-state index in [0.29, 0.717) is 6.42 Å². The molecule has 0 aliphatic rings. The van der Waals surface area contributed by atoms with Gasteiger partial charge in [-0.15, -0.1) is 0 Å². The van der Waals surface area contributed by atoms with Crippen molar-refractivity contribution in [2.24, 2.45) is 0 Å². The van der Waals surface area contributed by atoms with Gasteiger partial charge in [0.05, 0.1) is 12.1 Å². The molecule has 2 aromatic rings. The van der Waals surface area contributed by atoms with E-state index < -0.39 is 0 Å². The molecule has 3 heteroatoms. The highest BCUT2D eigenvalue weighted by atomic mass is 79.9. The maximum atomic E-state index is 12.0. The van der Waals surface area contributed by atoms with E-state index >= 15 is 0 Å². The Balaban J connectivity index is 2.05. The molecule has 19 heavy (non-hydrogen) atoms. The summed E-state index contributed by atoms with van der Waals surface area (Å²) in [4.78, 5) is 12.0. The second-order valence-corrected chi connectivity index (χ2v) is 5.44. The van der Waals surface area contributed by atoms with Crippen molar-refractivity contribution in [2.75, 3.05) is 5.32 Å². The van der Waals surface area contributed by atoms with Gasteiger partial charge in [-0.3, -0.25) is 4.79 Å². The average Bonchev–Trinajstić information content (AvgIpc) is 2.38. The Labute approximate surface area is 122 Å². The van der Waals surface area contributed by atoms with Crippen molar-refractivity contribution < 1.29 is 4.79 Å². The van der Waals surface area contributed by atoms with Crippen LogP contribution in [0.1, 0.15) is 16.7 Å². The number of carbonyl (C=O) groups is 1. The summed E-state index contributed by atoms with van der Waals surface area (Å²) in [5.41, 5.74) is 4.14. The molecule has 0 unspecified atom stereocenters. The Bertz CT molecular complexity index is 590. The van der Waals surface area contributed by atoms with E-state index in [4.69, 9.17) is 0 Å². The second kappa shape index (κ2) is 6.02. The zero-order valence-electron chi connectivity index (χ0n) is 11.0. The SMILES string of the molecule is Cc1ccc(CC(=O)Nc2cccc(C)c2Br)cc1. The summed E-state index contributed by atoms with van der Waals surface area (Å²) >= 11 is 3.49. The third-order valence-corrected chi connectivity index (χ3v) is 4.00. The molecule has 1 amide bonds.